The van der Waals surface area contributed by atoms with Crippen LogP contribution in [0.5, 0.6) is 0 Å². The number of anilines is 1. The molecule has 1 aromatic carbocycles. The van der Waals surface area contributed by atoms with Crippen LogP contribution < -0.4 is 5.32 Å². The Morgan fingerprint density at radius 1 is 1.12 bits per heavy atom. The summed E-state index contributed by atoms with van der Waals surface area (Å²) in [5.41, 5.74) is 3.50. The first kappa shape index (κ1) is 22.5. The Morgan fingerprint density at radius 2 is 1.91 bits per heavy atom. The smallest absolute Gasteiger partial charge is 0.254 e. The molecule has 34 heavy (non-hydrogen) atoms. The molecule has 3 heterocycles. The van der Waals surface area contributed by atoms with Crippen LogP contribution in [0.2, 0.25) is 0 Å². The van der Waals surface area contributed by atoms with Crippen LogP contribution >= 0.6 is 0 Å². The predicted octanol–water partition coefficient (Wildman–Crippen LogP) is 3.75. The fourth-order valence-electron chi connectivity index (χ4n) is 5.12. The number of rotatable bonds is 6. The van der Waals surface area contributed by atoms with Gasteiger partial charge in [-0.3, -0.25) is 14.6 Å². The van der Waals surface area contributed by atoms with Gasteiger partial charge < -0.3 is 19.9 Å². The van der Waals surface area contributed by atoms with Crippen LogP contribution in [0.1, 0.15) is 55.3 Å². The van der Waals surface area contributed by atoms with Crippen molar-refractivity contribution in [1.82, 2.24) is 19.4 Å². The lowest BCUT2D eigenvalue weighted by atomic mass is 9.85. The summed E-state index contributed by atoms with van der Waals surface area (Å²) in [6, 6.07) is 7.45. The molecule has 5 rings (SSSR count). The topological polar surface area (TPSA) is 100 Å². The number of hydrogen-bond donors (Lipinski definition) is 2. The number of imidazole rings is 1. The third kappa shape index (κ3) is 4.18. The lowest BCUT2D eigenvalue weighted by molar-refractivity contribution is -0.122. The zero-order chi connectivity index (χ0) is 23.7. The molecule has 8 heteroatoms. The molecule has 0 bridgehead atoms. The van der Waals surface area contributed by atoms with E-state index in [1.807, 2.05) is 34.7 Å². The van der Waals surface area contributed by atoms with Gasteiger partial charge in [-0.05, 0) is 62.8 Å². The van der Waals surface area contributed by atoms with E-state index >= 15 is 0 Å². The largest absolute Gasteiger partial charge is 0.396 e. The molecule has 3 aromatic rings. The van der Waals surface area contributed by atoms with Gasteiger partial charge >= 0.3 is 0 Å². The summed E-state index contributed by atoms with van der Waals surface area (Å²) in [6.07, 6.45) is 9.81. The highest BCUT2D eigenvalue weighted by Gasteiger charge is 2.30. The van der Waals surface area contributed by atoms with E-state index < -0.39 is 0 Å². The van der Waals surface area contributed by atoms with Gasteiger partial charge in [0.1, 0.15) is 5.82 Å². The third-order valence-corrected chi connectivity index (χ3v) is 7.24. The zero-order valence-electron chi connectivity index (χ0n) is 19.5. The molecule has 2 N–H and O–H groups in total. The van der Waals surface area contributed by atoms with Gasteiger partial charge in [-0.2, -0.15) is 0 Å². The van der Waals surface area contributed by atoms with Crippen LogP contribution in [0.25, 0.3) is 22.4 Å². The normalized spacial score (nSPS) is 18.6. The Balaban J connectivity index is 1.58. The van der Waals surface area contributed by atoms with E-state index in [9.17, 15) is 14.7 Å². The van der Waals surface area contributed by atoms with Gasteiger partial charge in [-0.15, -0.1) is 0 Å². The molecule has 0 unspecified atom stereocenters. The maximum atomic E-state index is 13.6. The van der Waals surface area contributed by atoms with Crippen LogP contribution in [0.4, 0.5) is 5.69 Å². The van der Waals surface area contributed by atoms with Crippen molar-refractivity contribution < 1.29 is 14.7 Å². The Kier molecular flexibility index (Phi) is 6.32. The number of likely N-dealkylation sites (tertiary alicyclic amines) is 1. The van der Waals surface area contributed by atoms with Gasteiger partial charge in [0.2, 0.25) is 5.91 Å². The summed E-state index contributed by atoms with van der Waals surface area (Å²) in [7, 11) is 1.92. The summed E-state index contributed by atoms with van der Waals surface area (Å²) in [4.78, 5) is 37.3. The summed E-state index contributed by atoms with van der Waals surface area (Å²) >= 11 is 0. The summed E-state index contributed by atoms with van der Waals surface area (Å²) < 4.78 is 1.96. The van der Waals surface area contributed by atoms with Gasteiger partial charge in [0.25, 0.3) is 5.91 Å². The Bertz CT molecular complexity index is 1200. The van der Waals surface area contributed by atoms with Gasteiger partial charge in [0.15, 0.2) is 0 Å². The molecule has 1 saturated carbocycles. The number of piperidine rings is 1. The first-order valence-corrected chi connectivity index (χ1v) is 12.2. The number of amides is 2. The zero-order valence-corrected chi connectivity index (χ0v) is 19.5. The van der Waals surface area contributed by atoms with E-state index in [1.165, 1.54) is 0 Å². The monoisotopic (exact) mass is 461 g/mol. The second kappa shape index (κ2) is 9.54. The van der Waals surface area contributed by atoms with E-state index in [0.29, 0.717) is 29.7 Å². The summed E-state index contributed by atoms with van der Waals surface area (Å²) in [5, 5.41) is 12.6. The predicted molar refractivity (Wildman–Crippen MR) is 130 cm³/mol. The van der Waals surface area contributed by atoms with Crippen LogP contribution in [0.15, 0.2) is 36.7 Å². The fourth-order valence-corrected chi connectivity index (χ4v) is 5.12. The third-order valence-electron chi connectivity index (χ3n) is 7.24. The first-order chi connectivity index (χ1) is 16.6. The van der Waals surface area contributed by atoms with Crippen LogP contribution in [-0.4, -0.2) is 55.5 Å². The lowest BCUT2D eigenvalue weighted by Gasteiger charge is -2.35. The van der Waals surface area contributed by atoms with Crippen molar-refractivity contribution in [3.05, 3.63) is 42.2 Å². The number of hydrogen-bond acceptors (Lipinski definition) is 5. The van der Waals surface area contributed by atoms with Crippen molar-refractivity contribution in [2.24, 2.45) is 13.0 Å². The second-order valence-electron chi connectivity index (χ2n) is 9.40. The van der Waals surface area contributed by atoms with Crippen molar-refractivity contribution in [3.8, 4) is 11.4 Å². The van der Waals surface area contributed by atoms with E-state index in [2.05, 4.69) is 10.3 Å². The molecule has 178 valence electrons. The van der Waals surface area contributed by atoms with Crippen LogP contribution in [0.3, 0.4) is 0 Å². The first-order valence-electron chi connectivity index (χ1n) is 12.2. The quantitative estimate of drug-likeness (QED) is 0.582. The average molecular weight is 462 g/mol. The van der Waals surface area contributed by atoms with Gasteiger partial charge in [0.05, 0.1) is 16.7 Å². The van der Waals surface area contributed by atoms with Gasteiger partial charge in [-0.1, -0.05) is 6.42 Å². The molecule has 2 fully saturated rings. The minimum absolute atomic E-state index is 0.0000559. The molecule has 0 spiro atoms. The fraction of sp³-hybridized carbons (Fsp3) is 0.462. The molecule has 0 radical (unpaired) electrons. The number of nitrogens with one attached hydrogen (secondary N) is 1. The molecule has 2 amide bonds. The number of benzene rings is 1. The molecule has 1 saturated heterocycles. The molecule has 1 aliphatic carbocycles. The number of aliphatic hydroxyl groups is 1. The highest BCUT2D eigenvalue weighted by atomic mass is 16.3. The number of nitrogens with zero attached hydrogens (tertiary/aromatic N) is 4. The number of aliphatic hydroxyl groups excluding tert-OH is 1. The molecule has 1 aliphatic heterocycles. The van der Waals surface area contributed by atoms with Gasteiger partial charge in [-0.25, -0.2) is 4.98 Å². The number of aromatic nitrogens is 3. The van der Waals surface area contributed by atoms with Gasteiger partial charge in [0, 0.05) is 55.7 Å². The molecule has 8 nitrogen and oxygen atoms in total. The molecular weight excluding hydrogens is 430 g/mol. The van der Waals surface area contributed by atoms with Crippen molar-refractivity contribution in [1.29, 1.82) is 0 Å². The van der Waals surface area contributed by atoms with Crippen molar-refractivity contribution in [2.75, 3.05) is 18.5 Å². The van der Waals surface area contributed by atoms with E-state index in [-0.39, 0.29) is 30.4 Å². The summed E-state index contributed by atoms with van der Waals surface area (Å²) in [5.74, 6) is 0.700. The van der Waals surface area contributed by atoms with Crippen LogP contribution in [-0.2, 0) is 11.8 Å². The Morgan fingerprint density at radius 3 is 2.62 bits per heavy atom. The standard InChI is InChI=1S/C26H31N5O3/c1-30-23-21(28-24(30)17-8-11-27-12-9-17)15-19(16-22(23)29-25(33)18-5-4-6-18)26(34)31-13-3-2-7-20(31)10-14-32/h8-9,11-12,15-16,18,20,32H,2-7,10,13-14H2,1H3,(H,29,33)/t20-/m1/s1. The number of pyridine rings is 1. The molecule has 2 aromatic heterocycles. The number of carbonyl (C=O) groups is 2. The molecule has 2 aliphatic rings. The second-order valence-corrected chi connectivity index (χ2v) is 9.40. The molecule has 1 atom stereocenters. The van der Waals surface area contributed by atoms with Crippen molar-refractivity contribution in [3.63, 3.8) is 0 Å². The Labute approximate surface area is 199 Å². The van der Waals surface area contributed by atoms with Crippen LogP contribution in [0, 0.1) is 5.92 Å². The molecular formula is C26H31N5O3. The van der Waals surface area contributed by atoms with E-state index in [1.54, 1.807) is 18.5 Å². The maximum Gasteiger partial charge on any atom is 0.254 e. The number of fused-ring (bicyclic) bond motifs is 1. The minimum Gasteiger partial charge on any atom is -0.396 e. The summed E-state index contributed by atoms with van der Waals surface area (Å²) in [6.45, 7) is 0.738. The maximum absolute atomic E-state index is 13.6. The SMILES string of the molecule is Cn1c(-c2ccncc2)nc2cc(C(=O)N3CCCC[C@@H]3CCO)cc(NC(=O)C3CCC3)c21. The van der Waals surface area contributed by atoms with Crippen molar-refractivity contribution >= 4 is 28.5 Å². The van der Waals surface area contributed by atoms with Crippen molar-refractivity contribution in [2.45, 2.75) is 51.0 Å². The van der Waals surface area contributed by atoms with E-state index in [4.69, 9.17) is 4.98 Å². The number of carbonyl (C=O) groups excluding carboxylic acids is 2. The highest BCUT2D eigenvalue weighted by molar-refractivity contribution is 6.06. The highest BCUT2D eigenvalue weighted by Crippen LogP contribution is 2.33. The lowest BCUT2D eigenvalue weighted by Crippen LogP contribution is -2.44. The average Bonchev–Trinajstić information content (AvgIpc) is 3.15. The van der Waals surface area contributed by atoms with E-state index in [0.717, 1.165) is 55.4 Å². The Hall–Kier alpha value is -3.26. The number of aryl methyl sites for hydroxylation is 1. The minimum atomic E-state index is -0.0738.